The Labute approximate surface area is 262 Å². The van der Waals surface area contributed by atoms with Crippen LogP contribution >= 0.6 is 0 Å². The summed E-state index contributed by atoms with van der Waals surface area (Å²) in [6, 6.07) is 26.4. The smallest absolute Gasteiger partial charge is 0.242 e. The Kier molecular flexibility index (Phi) is 15.1. The first-order valence-electron chi connectivity index (χ1n) is 15.7. The summed E-state index contributed by atoms with van der Waals surface area (Å²) in [6.45, 7) is 8.10. The average Bonchev–Trinajstić information content (AvgIpc) is 3.05. The molecule has 0 atom stereocenters. The van der Waals surface area contributed by atoms with Gasteiger partial charge in [-0.1, -0.05) is 80.6 Å². The van der Waals surface area contributed by atoms with Gasteiger partial charge in [0.2, 0.25) is 17.7 Å². The van der Waals surface area contributed by atoms with E-state index < -0.39 is 5.91 Å². The van der Waals surface area contributed by atoms with Gasteiger partial charge in [-0.2, -0.15) is 0 Å². The molecule has 0 spiro atoms. The molecule has 2 aromatic carbocycles. The van der Waals surface area contributed by atoms with Gasteiger partial charge in [0.1, 0.15) is 0 Å². The first kappa shape index (κ1) is 34.4. The molecule has 0 radical (unpaired) electrons. The van der Waals surface area contributed by atoms with Crippen molar-refractivity contribution >= 4 is 17.7 Å². The molecule has 0 saturated heterocycles. The molecule has 0 unspecified atom stereocenters. The molecule has 0 bridgehead atoms. The lowest BCUT2D eigenvalue weighted by Crippen LogP contribution is -2.48. The minimum Gasteiger partial charge on any atom is -0.368 e. The summed E-state index contributed by atoms with van der Waals surface area (Å²) in [5.41, 5.74) is 8.76. The van der Waals surface area contributed by atoms with E-state index in [-0.39, 0.29) is 37.4 Å². The molecule has 3 aromatic rings. The number of pyridine rings is 1. The third-order valence-electron chi connectivity index (χ3n) is 7.83. The highest BCUT2D eigenvalue weighted by molar-refractivity contribution is 5.88. The fraction of sp³-hybridized carbons (Fsp3) is 0.429. The number of amides is 3. The molecular formula is C35H48N6O3. The average molecular weight is 601 g/mol. The first-order chi connectivity index (χ1) is 21.4. The summed E-state index contributed by atoms with van der Waals surface area (Å²) in [5.74, 6) is -0.832. The quantitative estimate of drug-likeness (QED) is 0.193. The molecule has 0 fully saturated rings. The Morgan fingerprint density at radius 2 is 1.39 bits per heavy atom. The normalized spacial score (nSPS) is 11.1. The molecule has 0 saturated carbocycles. The van der Waals surface area contributed by atoms with Gasteiger partial charge in [-0.05, 0) is 62.3 Å². The second kappa shape index (κ2) is 19.2. The van der Waals surface area contributed by atoms with Crippen molar-refractivity contribution < 1.29 is 14.4 Å². The van der Waals surface area contributed by atoms with Crippen LogP contribution in [0.3, 0.4) is 0 Å². The van der Waals surface area contributed by atoms with Crippen LogP contribution in [0, 0.1) is 0 Å². The number of nitrogens with zero attached hydrogens (tertiary/aromatic N) is 4. The van der Waals surface area contributed by atoms with Gasteiger partial charge in [0.05, 0.1) is 19.6 Å². The minimum absolute atomic E-state index is 0.106. The van der Waals surface area contributed by atoms with Crippen LogP contribution in [-0.4, -0.2) is 96.3 Å². The van der Waals surface area contributed by atoms with E-state index in [1.165, 1.54) is 16.0 Å². The number of hydrogen-bond donors (Lipinski definition) is 2. The third kappa shape index (κ3) is 11.9. The Bertz CT molecular complexity index is 1220. The summed E-state index contributed by atoms with van der Waals surface area (Å²) in [4.78, 5) is 48.4. The summed E-state index contributed by atoms with van der Waals surface area (Å²) < 4.78 is 0. The van der Waals surface area contributed by atoms with E-state index in [0.717, 1.165) is 38.2 Å². The van der Waals surface area contributed by atoms with E-state index in [2.05, 4.69) is 53.3 Å². The predicted octanol–water partition coefficient (Wildman–Crippen LogP) is 3.31. The molecule has 3 amide bonds. The van der Waals surface area contributed by atoms with Gasteiger partial charge in [0.15, 0.2) is 0 Å². The number of benzene rings is 2. The van der Waals surface area contributed by atoms with Gasteiger partial charge in [0.25, 0.3) is 0 Å². The van der Waals surface area contributed by atoms with Crippen LogP contribution in [-0.2, 0) is 20.8 Å². The molecule has 0 aliphatic heterocycles. The van der Waals surface area contributed by atoms with Crippen molar-refractivity contribution in [2.24, 2.45) is 5.73 Å². The van der Waals surface area contributed by atoms with Gasteiger partial charge in [-0.15, -0.1) is 0 Å². The molecule has 3 rings (SSSR count). The van der Waals surface area contributed by atoms with Gasteiger partial charge < -0.3 is 25.8 Å². The third-order valence-corrected chi connectivity index (χ3v) is 7.83. The van der Waals surface area contributed by atoms with Crippen LogP contribution in [0.4, 0.5) is 0 Å². The van der Waals surface area contributed by atoms with Crippen molar-refractivity contribution in [3.63, 3.8) is 0 Å². The van der Waals surface area contributed by atoms with Gasteiger partial charge >= 0.3 is 0 Å². The SMILES string of the molecule is CCN(CC)CCCN(CC(=O)N(CCc1ccccn1)CC(N)=O)C(=O)CNCCC(c1ccccc1)c1ccccc1. The zero-order chi connectivity index (χ0) is 31.6. The van der Waals surface area contributed by atoms with Gasteiger partial charge in [-0.25, -0.2) is 0 Å². The van der Waals surface area contributed by atoms with Crippen molar-refractivity contribution in [3.05, 3.63) is 102 Å². The maximum atomic E-state index is 13.5. The van der Waals surface area contributed by atoms with Crippen molar-refractivity contribution in [1.29, 1.82) is 0 Å². The number of aromatic nitrogens is 1. The van der Waals surface area contributed by atoms with E-state index in [9.17, 15) is 14.4 Å². The Morgan fingerprint density at radius 1 is 0.773 bits per heavy atom. The van der Waals surface area contributed by atoms with Crippen molar-refractivity contribution in [2.75, 3.05) is 58.9 Å². The fourth-order valence-corrected chi connectivity index (χ4v) is 5.31. The second-order valence-electron chi connectivity index (χ2n) is 10.9. The van der Waals surface area contributed by atoms with Crippen molar-refractivity contribution in [1.82, 2.24) is 25.0 Å². The topological polar surface area (TPSA) is 112 Å². The first-order valence-corrected chi connectivity index (χ1v) is 15.7. The largest absolute Gasteiger partial charge is 0.368 e. The fourth-order valence-electron chi connectivity index (χ4n) is 5.31. The number of nitrogens with one attached hydrogen (secondary N) is 1. The Morgan fingerprint density at radius 3 is 1.95 bits per heavy atom. The molecule has 44 heavy (non-hydrogen) atoms. The molecule has 1 aromatic heterocycles. The monoisotopic (exact) mass is 600 g/mol. The number of carbonyl (C=O) groups excluding carboxylic acids is 3. The van der Waals surface area contributed by atoms with Crippen LogP contribution < -0.4 is 11.1 Å². The summed E-state index contributed by atoms with van der Waals surface area (Å²) in [7, 11) is 0. The lowest BCUT2D eigenvalue weighted by Gasteiger charge is -2.28. The zero-order valence-electron chi connectivity index (χ0n) is 26.2. The highest BCUT2D eigenvalue weighted by atomic mass is 16.2. The highest BCUT2D eigenvalue weighted by Gasteiger charge is 2.23. The molecule has 0 aliphatic carbocycles. The summed E-state index contributed by atoms with van der Waals surface area (Å²) in [5, 5.41) is 3.33. The van der Waals surface area contributed by atoms with Crippen molar-refractivity contribution in [3.8, 4) is 0 Å². The second-order valence-corrected chi connectivity index (χ2v) is 10.9. The zero-order valence-corrected chi connectivity index (χ0v) is 26.2. The summed E-state index contributed by atoms with van der Waals surface area (Å²) in [6.07, 6.45) is 3.75. The molecule has 0 aliphatic rings. The van der Waals surface area contributed by atoms with E-state index in [1.54, 1.807) is 11.1 Å². The van der Waals surface area contributed by atoms with Gasteiger partial charge in [0, 0.05) is 37.3 Å². The lowest BCUT2D eigenvalue weighted by atomic mass is 9.88. The number of rotatable bonds is 20. The van der Waals surface area contributed by atoms with E-state index >= 15 is 0 Å². The molecule has 1 heterocycles. The van der Waals surface area contributed by atoms with Crippen LogP contribution in [0.5, 0.6) is 0 Å². The molecule has 9 heteroatoms. The maximum absolute atomic E-state index is 13.5. The van der Waals surface area contributed by atoms with Crippen LogP contribution in [0.25, 0.3) is 0 Å². The van der Waals surface area contributed by atoms with E-state index in [4.69, 9.17) is 5.73 Å². The van der Waals surface area contributed by atoms with E-state index in [1.807, 2.05) is 54.6 Å². The number of hydrogen-bond acceptors (Lipinski definition) is 6. The van der Waals surface area contributed by atoms with Crippen molar-refractivity contribution in [2.45, 2.75) is 39.0 Å². The number of nitrogens with two attached hydrogens (primary N) is 1. The highest BCUT2D eigenvalue weighted by Crippen LogP contribution is 2.27. The van der Waals surface area contributed by atoms with Crippen LogP contribution in [0.1, 0.15) is 49.4 Å². The van der Waals surface area contributed by atoms with Crippen LogP contribution in [0.15, 0.2) is 85.1 Å². The number of primary amides is 1. The molecule has 3 N–H and O–H groups in total. The van der Waals surface area contributed by atoms with E-state index in [0.29, 0.717) is 26.1 Å². The summed E-state index contributed by atoms with van der Waals surface area (Å²) >= 11 is 0. The van der Waals surface area contributed by atoms with Crippen LogP contribution in [0.2, 0.25) is 0 Å². The van der Waals surface area contributed by atoms with Gasteiger partial charge in [-0.3, -0.25) is 19.4 Å². The predicted molar refractivity (Wildman–Crippen MR) is 175 cm³/mol. The Balaban J connectivity index is 1.63. The standard InChI is InChI=1S/C35H48N6O3/c1-3-39(4-2)23-13-24-40(28-35(44)41(27-33(36)42)25-20-31-18-11-12-21-38-31)34(43)26-37-22-19-32(29-14-7-5-8-15-29)30-16-9-6-10-17-30/h5-12,14-18,21,32,37H,3-4,13,19-20,22-28H2,1-2H3,(H2,36,42). The number of carbonyl (C=O) groups is 3. The lowest BCUT2D eigenvalue weighted by molar-refractivity contribution is -0.141. The molecule has 236 valence electrons. The maximum Gasteiger partial charge on any atom is 0.242 e. The Hall–Kier alpha value is -4.08. The molecule has 9 nitrogen and oxygen atoms in total. The minimum atomic E-state index is -0.591. The molecular weight excluding hydrogens is 552 g/mol.